The normalized spacial score (nSPS) is 12.4. The molecule has 144 valence electrons. The summed E-state index contributed by atoms with van der Waals surface area (Å²) in [4.78, 5) is 4.28. The van der Waals surface area contributed by atoms with Gasteiger partial charge < -0.3 is 20.2 Å². The lowest BCUT2D eigenvalue weighted by molar-refractivity contribution is 0.475. The average Bonchev–Trinajstić information content (AvgIpc) is 3.10. The maximum atomic E-state index is 9.31. The fourth-order valence-electron chi connectivity index (χ4n) is 2.85. The van der Waals surface area contributed by atoms with Gasteiger partial charge in [0.05, 0.1) is 6.04 Å². The fraction of sp³-hybridized carbons (Fsp3) is 0.286. The van der Waals surface area contributed by atoms with Gasteiger partial charge in [-0.05, 0) is 49.6 Å². The second-order valence-electron chi connectivity index (χ2n) is 6.32. The molecule has 0 aliphatic rings. The molecule has 0 aliphatic carbocycles. The maximum Gasteiger partial charge on any atom is 0.191 e. The Morgan fingerprint density at radius 1 is 1.15 bits per heavy atom. The highest BCUT2D eigenvalue weighted by Crippen LogP contribution is 2.23. The van der Waals surface area contributed by atoms with Crippen LogP contribution in [-0.2, 0) is 6.42 Å². The zero-order valence-corrected chi connectivity index (χ0v) is 17.9. The minimum Gasteiger partial charge on any atom is -0.508 e. The van der Waals surface area contributed by atoms with Crippen molar-refractivity contribution in [1.29, 1.82) is 0 Å². The highest BCUT2D eigenvalue weighted by molar-refractivity contribution is 14.0. The highest BCUT2D eigenvalue weighted by Gasteiger charge is 2.12. The Kier molecular flexibility index (Phi) is 7.97. The number of hydrogen-bond acceptors (Lipinski definition) is 3. The standard InChI is InChI=1S/C21H25N3O2.HI/c1-15(20-14-17-7-3-4-8-19(17)26-20)24-21(22-2)23-13-5-6-16-9-11-18(25)12-10-16;/h3-4,7-12,14-15,25H,5-6,13H2,1-2H3,(H2,22,23,24);1H. The van der Waals surface area contributed by atoms with E-state index in [1.807, 2.05) is 36.4 Å². The predicted octanol–water partition coefficient (Wildman–Crippen LogP) is 4.62. The van der Waals surface area contributed by atoms with Crippen molar-refractivity contribution < 1.29 is 9.52 Å². The van der Waals surface area contributed by atoms with E-state index in [9.17, 15) is 5.11 Å². The lowest BCUT2D eigenvalue weighted by Crippen LogP contribution is -2.39. The van der Waals surface area contributed by atoms with Crippen LogP contribution in [0.25, 0.3) is 11.0 Å². The molecule has 3 rings (SSSR count). The van der Waals surface area contributed by atoms with Crippen molar-refractivity contribution in [1.82, 2.24) is 10.6 Å². The molecule has 27 heavy (non-hydrogen) atoms. The summed E-state index contributed by atoms with van der Waals surface area (Å²) in [6.07, 6.45) is 1.92. The van der Waals surface area contributed by atoms with Crippen LogP contribution in [-0.4, -0.2) is 24.7 Å². The number of phenols is 1. The number of fused-ring (bicyclic) bond motifs is 1. The topological polar surface area (TPSA) is 69.8 Å². The van der Waals surface area contributed by atoms with E-state index in [1.165, 1.54) is 5.56 Å². The van der Waals surface area contributed by atoms with E-state index < -0.39 is 0 Å². The molecule has 0 amide bonds. The zero-order valence-electron chi connectivity index (χ0n) is 15.6. The second-order valence-corrected chi connectivity index (χ2v) is 6.32. The summed E-state index contributed by atoms with van der Waals surface area (Å²) in [5.41, 5.74) is 2.11. The Bertz CT molecular complexity index is 842. The average molecular weight is 479 g/mol. The van der Waals surface area contributed by atoms with Gasteiger partial charge in [-0.15, -0.1) is 24.0 Å². The van der Waals surface area contributed by atoms with Crippen LogP contribution < -0.4 is 10.6 Å². The third-order valence-corrected chi connectivity index (χ3v) is 4.32. The number of nitrogens with zero attached hydrogens (tertiary/aromatic N) is 1. The van der Waals surface area contributed by atoms with Gasteiger partial charge >= 0.3 is 0 Å². The van der Waals surface area contributed by atoms with Crippen LogP contribution in [0.15, 0.2) is 64.0 Å². The molecular weight excluding hydrogens is 453 g/mol. The first kappa shape index (κ1) is 21.1. The van der Waals surface area contributed by atoms with Crippen LogP contribution in [0.3, 0.4) is 0 Å². The van der Waals surface area contributed by atoms with Gasteiger partial charge in [0, 0.05) is 19.0 Å². The SMILES string of the molecule is CN=C(NCCCc1ccc(O)cc1)NC(C)c1cc2ccccc2o1.I. The number of hydrogen-bond donors (Lipinski definition) is 3. The molecule has 0 aliphatic heterocycles. The van der Waals surface area contributed by atoms with Crippen LogP contribution in [0.2, 0.25) is 0 Å². The van der Waals surface area contributed by atoms with Crippen molar-refractivity contribution >= 4 is 40.9 Å². The van der Waals surface area contributed by atoms with Gasteiger partial charge in [-0.3, -0.25) is 4.99 Å². The molecule has 0 saturated carbocycles. The van der Waals surface area contributed by atoms with E-state index in [0.717, 1.165) is 42.1 Å². The Morgan fingerprint density at radius 3 is 2.59 bits per heavy atom. The van der Waals surface area contributed by atoms with Gasteiger partial charge in [-0.2, -0.15) is 0 Å². The van der Waals surface area contributed by atoms with Crippen LogP contribution in [0.1, 0.15) is 30.7 Å². The molecular formula is C21H26IN3O2. The first-order valence-corrected chi connectivity index (χ1v) is 8.89. The Morgan fingerprint density at radius 2 is 1.89 bits per heavy atom. The van der Waals surface area contributed by atoms with E-state index in [1.54, 1.807) is 19.2 Å². The number of para-hydroxylation sites is 1. The van der Waals surface area contributed by atoms with Crippen molar-refractivity contribution in [3.05, 3.63) is 65.9 Å². The van der Waals surface area contributed by atoms with Gasteiger partial charge in [0.1, 0.15) is 17.1 Å². The highest BCUT2D eigenvalue weighted by atomic mass is 127. The van der Waals surface area contributed by atoms with Crippen LogP contribution >= 0.6 is 24.0 Å². The maximum absolute atomic E-state index is 9.31. The molecule has 3 aromatic rings. The molecule has 1 aromatic heterocycles. The molecule has 0 saturated heterocycles. The minimum atomic E-state index is 0. The van der Waals surface area contributed by atoms with Crippen LogP contribution in [0.4, 0.5) is 0 Å². The van der Waals surface area contributed by atoms with Crippen molar-refractivity contribution in [2.75, 3.05) is 13.6 Å². The summed E-state index contributed by atoms with van der Waals surface area (Å²) in [7, 11) is 1.76. The second kappa shape index (κ2) is 10.2. The monoisotopic (exact) mass is 479 g/mol. The molecule has 0 spiro atoms. The van der Waals surface area contributed by atoms with Crippen LogP contribution in [0.5, 0.6) is 5.75 Å². The molecule has 0 radical (unpaired) electrons. The van der Waals surface area contributed by atoms with E-state index in [-0.39, 0.29) is 30.0 Å². The van der Waals surface area contributed by atoms with Gasteiger partial charge in [0.15, 0.2) is 5.96 Å². The summed E-state index contributed by atoms with van der Waals surface area (Å²) in [6.45, 7) is 2.87. The first-order chi connectivity index (χ1) is 12.7. The van der Waals surface area contributed by atoms with Gasteiger partial charge in [-0.25, -0.2) is 0 Å². The number of aromatic hydroxyl groups is 1. The summed E-state index contributed by atoms with van der Waals surface area (Å²) < 4.78 is 5.90. The number of furan rings is 1. The largest absolute Gasteiger partial charge is 0.508 e. The summed E-state index contributed by atoms with van der Waals surface area (Å²) in [5, 5.41) is 17.1. The summed E-state index contributed by atoms with van der Waals surface area (Å²) >= 11 is 0. The van der Waals surface area contributed by atoms with Crippen molar-refractivity contribution in [3.63, 3.8) is 0 Å². The number of phenolic OH excluding ortho intramolecular Hbond substituents is 1. The van der Waals surface area contributed by atoms with E-state index in [2.05, 4.69) is 28.6 Å². The molecule has 6 heteroatoms. The van der Waals surface area contributed by atoms with E-state index in [0.29, 0.717) is 5.75 Å². The van der Waals surface area contributed by atoms with Gasteiger partial charge in [-0.1, -0.05) is 30.3 Å². The lowest BCUT2D eigenvalue weighted by atomic mass is 10.1. The number of aliphatic imine (C=N–C) groups is 1. The zero-order chi connectivity index (χ0) is 18.4. The lowest BCUT2D eigenvalue weighted by Gasteiger charge is -2.16. The van der Waals surface area contributed by atoms with Crippen LogP contribution in [0, 0.1) is 0 Å². The third kappa shape index (κ3) is 5.89. The predicted molar refractivity (Wildman–Crippen MR) is 121 cm³/mol. The smallest absolute Gasteiger partial charge is 0.191 e. The molecule has 0 fully saturated rings. The number of rotatable bonds is 6. The van der Waals surface area contributed by atoms with Gasteiger partial charge in [0.2, 0.25) is 0 Å². The molecule has 1 atom stereocenters. The Labute approximate surface area is 176 Å². The molecule has 5 nitrogen and oxygen atoms in total. The Hall–Kier alpha value is -2.22. The third-order valence-electron chi connectivity index (χ3n) is 4.32. The number of aryl methyl sites for hydroxylation is 1. The summed E-state index contributed by atoms with van der Waals surface area (Å²) in [5.74, 6) is 1.94. The summed E-state index contributed by atoms with van der Waals surface area (Å²) in [6, 6.07) is 17.4. The molecule has 1 heterocycles. The number of halogens is 1. The molecule has 2 aromatic carbocycles. The Balaban J connectivity index is 0.00000261. The van der Waals surface area contributed by atoms with Crippen molar-refractivity contribution in [3.8, 4) is 5.75 Å². The molecule has 3 N–H and O–H groups in total. The van der Waals surface area contributed by atoms with E-state index in [4.69, 9.17) is 4.42 Å². The van der Waals surface area contributed by atoms with Crippen molar-refractivity contribution in [2.24, 2.45) is 4.99 Å². The van der Waals surface area contributed by atoms with Gasteiger partial charge in [0.25, 0.3) is 0 Å². The van der Waals surface area contributed by atoms with Crippen molar-refractivity contribution in [2.45, 2.75) is 25.8 Å². The number of benzene rings is 2. The van der Waals surface area contributed by atoms with E-state index >= 15 is 0 Å². The minimum absolute atomic E-state index is 0. The number of guanidine groups is 1. The molecule has 0 bridgehead atoms. The quantitative estimate of drug-likeness (QED) is 0.209. The molecule has 1 unspecified atom stereocenters. The first-order valence-electron chi connectivity index (χ1n) is 8.89. The fourth-order valence-corrected chi connectivity index (χ4v) is 2.85. The number of nitrogens with one attached hydrogen (secondary N) is 2.